The number of halogens is 2. The monoisotopic (exact) mass is 309 g/mol. The van der Waals surface area contributed by atoms with E-state index in [1.807, 2.05) is 13.0 Å². The molecule has 2 nitrogen and oxygen atoms in total. The van der Waals surface area contributed by atoms with E-state index in [1.165, 1.54) is 6.07 Å². The summed E-state index contributed by atoms with van der Waals surface area (Å²) in [7, 11) is 0. The Labute approximate surface area is 114 Å². The summed E-state index contributed by atoms with van der Waals surface area (Å²) in [5.41, 5.74) is 1.34. The summed E-state index contributed by atoms with van der Waals surface area (Å²) in [6, 6.07) is 11.6. The van der Waals surface area contributed by atoms with Crippen molar-refractivity contribution in [2.45, 2.75) is 13.0 Å². The van der Waals surface area contributed by atoms with E-state index in [0.29, 0.717) is 10.0 Å². The molecular formula is C14H13BrFNO. The van der Waals surface area contributed by atoms with Crippen LogP contribution in [0.25, 0.3) is 0 Å². The number of hydrogen-bond acceptors (Lipinski definition) is 2. The van der Waals surface area contributed by atoms with Crippen molar-refractivity contribution >= 4 is 21.6 Å². The van der Waals surface area contributed by atoms with E-state index >= 15 is 0 Å². The lowest BCUT2D eigenvalue weighted by Gasteiger charge is -2.16. The number of anilines is 1. The fraction of sp³-hybridized carbons (Fsp3) is 0.143. The Morgan fingerprint density at radius 3 is 2.67 bits per heavy atom. The molecule has 0 radical (unpaired) electrons. The predicted molar refractivity (Wildman–Crippen MR) is 74.2 cm³/mol. The Morgan fingerprint density at radius 2 is 2.00 bits per heavy atom. The van der Waals surface area contributed by atoms with Crippen LogP contribution in [0.2, 0.25) is 0 Å². The molecule has 18 heavy (non-hydrogen) atoms. The first-order valence-electron chi connectivity index (χ1n) is 5.57. The van der Waals surface area contributed by atoms with Gasteiger partial charge in [-0.2, -0.15) is 0 Å². The molecule has 0 aliphatic rings. The second-order valence-electron chi connectivity index (χ2n) is 4.08. The van der Waals surface area contributed by atoms with Crippen LogP contribution in [0.3, 0.4) is 0 Å². The number of phenols is 1. The Morgan fingerprint density at radius 1 is 1.22 bits per heavy atom. The lowest BCUT2D eigenvalue weighted by molar-refractivity contribution is 0.475. The van der Waals surface area contributed by atoms with Crippen molar-refractivity contribution in [3.63, 3.8) is 0 Å². The van der Waals surface area contributed by atoms with E-state index in [1.54, 1.807) is 30.3 Å². The third kappa shape index (κ3) is 3.01. The molecule has 0 aliphatic carbocycles. The van der Waals surface area contributed by atoms with Crippen molar-refractivity contribution in [3.8, 4) is 5.75 Å². The summed E-state index contributed by atoms with van der Waals surface area (Å²) in [5, 5.41) is 12.5. The van der Waals surface area contributed by atoms with E-state index in [-0.39, 0.29) is 17.6 Å². The number of nitrogens with one attached hydrogen (secondary N) is 1. The molecule has 0 aromatic heterocycles. The third-order valence-corrected chi connectivity index (χ3v) is 3.15. The number of aromatic hydroxyl groups is 1. The van der Waals surface area contributed by atoms with Crippen LogP contribution in [-0.4, -0.2) is 5.11 Å². The lowest BCUT2D eigenvalue weighted by Crippen LogP contribution is -2.08. The topological polar surface area (TPSA) is 32.3 Å². The van der Waals surface area contributed by atoms with Crippen LogP contribution in [0.15, 0.2) is 46.9 Å². The van der Waals surface area contributed by atoms with Gasteiger partial charge in [-0.3, -0.25) is 0 Å². The number of rotatable bonds is 3. The number of benzene rings is 2. The number of phenolic OH excluding ortho intramolecular Hbond substituents is 1. The average molecular weight is 310 g/mol. The molecule has 2 aromatic carbocycles. The van der Waals surface area contributed by atoms with Crippen LogP contribution in [0.5, 0.6) is 5.75 Å². The standard InChI is InChI=1S/C14H13BrFNO/c1-9(13-6-5-10(15)7-14(13)16)17-11-3-2-4-12(18)8-11/h2-9,17-18H,1H3. The largest absolute Gasteiger partial charge is 0.508 e. The summed E-state index contributed by atoms with van der Waals surface area (Å²) in [5.74, 6) is -0.0759. The second kappa shape index (κ2) is 5.40. The zero-order valence-corrected chi connectivity index (χ0v) is 11.4. The highest BCUT2D eigenvalue weighted by atomic mass is 79.9. The molecule has 94 valence electrons. The maximum atomic E-state index is 13.8. The minimum atomic E-state index is -0.260. The van der Waals surface area contributed by atoms with Gasteiger partial charge >= 0.3 is 0 Å². The summed E-state index contributed by atoms with van der Waals surface area (Å²) < 4.78 is 14.5. The van der Waals surface area contributed by atoms with Crippen LogP contribution < -0.4 is 5.32 Å². The summed E-state index contributed by atoms with van der Waals surface area (Å²) >= 11 is 3.23. The highest BCUT2D eigenvalue weighted by molar-refractivity contribution is 9.10. The predicted octanol–water partition coefficient (Wildman–Crippen LogP) is 4.47. The Kier molecular flexibility index (Phi) is 3.87. The molecule has 0 amide bonds. The van der Waals surface area contributed by atoms with Crippen molar-refractivity contribution in [1.82, 2.24) is 0 Å². The van der Waals surface area contributed by atoms with Gasteiger partial charge in [-0.25, -0.2) is 4.39 Å². The van der Waals surface area contributed by atoms with Gasteiger partial charge in [0.1, 0.15) is 11.6 Å². The molecule has 1 unspecified atom stereocenters. The van der Waals surface area contributed by atoms with E-state index in [0.717, 1.165) is 5.69 Å². The van der Waals surface area contributed by atoms with Gasteiger partial charge in [0.15, 0.2) is 0 Å². The molecule has 2 N–H and O–H groups in total. The van der Waals surface area contributed by atoms with Gasteiger partial charge in [-0.15, -0.1) is 0 Å². The molecule has 2 rings (SSSR count). The molecule has 0 aliphatic heterocycles. The summed E-state index contributed by atoms with van der Waals surface area (Å²) in [4.78, 5) is 0. The summed E-state index contributed by atoms with van der Waals surface area (Å²) in [6.07, 6.45) is 0. The van der Waals surface area contributed by atoms with Crippen LogP contribution in [-0.2, 0) is 0 Å². The van der Waals surface area contributed by atoms with E-state index in [4.69, 9.17) is 0 Å². The van der Waals surface area contributed by atoms with Crippen molar-refractivity contribution in [2.75, 3.05) is 5.32 Å². The average Bonchev–Trinajstić information content (AvgIpc) is 2.28. The highest BCUT2D eigenvalue weighted by Gasteiger charge is 2.11. The van der Waals surface area contributed by atoms with E-state index in [2.05, 4.69) is 21.2 Å². The molecule has 2 aromatic rings. The fourth-order valence-corrected chi connectivity index (χ4v) is 2.11. The molecule has 0 saturated carbocycles. The molecule has 4 heteroatoms. The van der Waals surface area contributed by atoms with Crippen molar-refractivity contribution in [3.05, 3.63) is 58.3 Å². The minimum Gasteiger partial charge on any atom is -0.508 e. The molecule has 0 fully saturated rings. The highest BCUT2D eigenvalue weighted by Crippen LogP contribution is 2.25. The van der Waals surface area contributed by atoms with Gasteiger partial charge in [-0.1, -0.05) is 28.1 Å². The number of hydrogen-bond donors (Lipinski definition) is 2. The van der Waals surface area contributed by atoms with E-state index < -0.39 is 0 Å². The maximum Gasteiger partial charge on any atom is 0.129 e. The minimum absolute atomic E-state index is 0.181. The van der Waals surface area contributed by atoms with Crippen LogP contribution in [0.1, 0.15) is 18.5 Å². The molecule has 1 atom stereocenters. The first-order valence-corrected chi connectivity index (χ1v) is 6.36. The molecule has 0 saturated heterocycles. The Balaban J connectivity index is 2.19. The van der Waals surface area contributed by atoms with E-state index in [9.17, 15) is 9.50 Å². The van der Waals surface area contributed by atoms with Crippen LogP contribution in [0.4, 0.5) is 10.1 Å². The molecule has 0 bridgehead atoms. The van der Waals surface area contributed by atoms with Crippen LogP contribution in [0, 0.1) is 5.82 Å². The van der Waals surface area contributed by atoms with Crippen molar-refractivity contribution < 1.29 is 9.50 Å². The van der Waals surface area contributed by atoms with Gasteiger partial charge in [0.05, 0.1) is 6.04 Å². The van der Waals surface area contributed by atoms with Gasteiger partial charge in [0.25, 0.3) is 0 Å². The Bertz CT molecular complexity index is 559. The first kappa shape index (κ1) is 12.9. The molecule has 0 heterocycles. The van der Waals surface area contributed by atoms with Crippen molar-refractivity contribution in [1.29, 1.82) is 0 Å². The SMILES string of the molecule is CC(Nc1cccc(O)c1)c1ccc(Br)cc1F. The third-order valence-electron chi connectivity index (χ3n) is 2.66. The summed E-state index contributed by atoms with van der Waals surface area (Å²) in [6.45, 7) is 1.87. The lowest BCUT2D eigenvalue weighted by atomic mass is 10.1. The maximum absolute atomic E-state index is 13.8. The fourth-order valence-electron chi connectivity index (χ4n) is 1.78. The van der Waals surface area contributed by atoms with Crippen molar-refractivity contribution in [2.24, 2.45) is 0 Å². The molecule has 0 spiro atoms. The van der Waals surface area contributed by atoms with Gasteiger partial charge in [0, 0.05) is 21.8 Å². The second-order valence-corrected chi connectivity index (χ2v) is 5.00. The van der Waals surface area contributed by atoms with Gasteiger partial charge < -0.3 is 10.4 Å². The van der Waals surface area contributed by atoms with Gasteiger partial charge in [0.2, 0.25) is 0 Å². The normalized spacial score (nSPS) is 12.2. The quantitative estimate of drug-likeness (QED) is 0.877. The first-order chi connectivity index (χ1) is 8.56. The van der Waals surface area contributed by atoms with Gasteiger partial charge in [-0.05, 0) is 31.2 Å². The smallest absolute Gasteiger partial charge is 0.129 e. The zero-order valence-electron chi connectivity index (χ0n) is 9.82. The zero-order chi connectivity index (χ0) is 13.1. The van der Waals surface area contributed by atoms with Crippen LogP contribution >= 0.6 is 15.9 Å². The molecular weight excluding hydrogens is 297 g/mol. The Hall–Kier alpha value is -1.55.